The highest BCUT2D eigenvalue weighted by Gasteiger charge is 2.34. The van der Waals surface area contributed by atoms with Crippen LogP contribution in [0.15, 0.2) is 30.5 Å². The minimum atomic E-state index is -0.494. The van der Waals surface area contributed by atoms with Gasteiger partial charge in [-0.05, 0) is 87.2 Å². The summed E-state index contributed by atoms with van der Waals surface area (Å²) >= 11 is 0. The van der Waals surface area contributed by atoms with E-state index in [1.165, 1.54) is 25.9 Å². The summed E-state index contributed by atoms with van der Waals surface area (Å²) in [7, 11) is 2.20. The minimum absolute atomic E-state index is 0.0391. The predicted molar refractivity (Wildman–Crippen MR) is 124 cm³/mol. The molecule has 0 saturated carbocycles. The molecule has 0 unspecified atom stereocenters. The molecule has 31 heavy (non-hydrogen) atoms. The molecule has 0 radical (unpaired) electrons. The number of hydrogen-bond donors (Lipinski definition) is 2. The molecule has 6 nitrogen and oxygen atoms in total. The van der Waals surface area contributed by atoms with Gasteiger partial charge < -0.3 is 20.1 Å². The Hall–Kier alpha value is -2.34. The van der Waals surface area contributed by atoms with E-state index < -0.39 is 6.04 Å². The molecule has 168 valence electrons. The number of rotatable bonds is 5. The summed E-state index contributed by atoms with van der Waals surface area (Å²) in [4.78, 5) is 33.7. The van der Waals surface area contributed by atoms with Crippen LogP contribution in [0.5, 0.6) is 0 Å². The van der Waals surface area contributed by atoms with Crippen LogP contribution < -0.4 is 5.32 Å². The fraction of sp³-hybridized carbons (Fsp3) is 0.600. The third-order valence-corrected chi connectivity index (χ3v) is 7.32. The van der Waals surface area contributed by atoms with Gasteiger partial charge in [-0.1, -0.05) is 19.9 Å². The first kappa shape index (κ1) is 21.9. The van der Waals surface area contributed by atoms with E-state index in [0.717, 1.165) is 48.7 Å². The van der Waals surface area contributed by atoms with Gasteiger partial charge in [0.15, 0.2) is 0 Å². The molecule has 0 spiro atoms. The average molecular weight is 425 g/mol. The van der Waals surface area contributed by atoms with Gasteiger partial charge in [0.1, 0.15) is 6.04 Å². The SMILES string of the molecule is CC(C)[C@@H](NC(=O)c1ccc2cc[nH]c2c1)C(=O)N1CCC(C2CCN(C)CC2)CC1. The van der Waals surface area contributed by atoms with Crippen LogP contribution in [0, 0.1) is 17.8 Å². The maximum absolute atomic E-state index is 13.3. The van der Waals surface area contributed by atoms with Gasteiger partial charge in [-0.2, -0.15) is 0 Å². The molecule has 2 aromatic rings. The number of piperidine rings is 2. The number of aromatic amines is 1. The number of nitrogens with zero attached hydrogens (tertiary/aromatic N) is 2. The van der Waals surface area contributed by atoms with Crippen molar-refractivity contribution in [2.75, 3.05) is 33.2 Å². The quantitative estimate of drug-likeness (QED) is 0.772. The van der Waals surface area contributed by atoms with Crippen LogP contribution in [0.1, 0.15) is 49.9 Å². The Morgan fingerprint density at radius 1 is 1.00 bits per heavy atom. The highest BCUT2D eigenvalue weighted by molar-refractivity contribution is 6.00. The van der Waals surface area contributed by atoms with Crippen LogP contribution in [-0.4, -0.2) is 65.9 Å². The Labute approximate surface area is 185 Å². The van der Waals surface area contributed by atoms with E-state index in [2.05, 4.69) is 22.2 Å². The van der Waals surface area contributed by atoms with E-state index in [4.69, 9.17) is 0 Å². The van der Waals surface area contributed by atoms with Gasteiger partial charge in [-0.15, -0.1) is 0 Å². The van der Waals surface area contributed by atoms with Crippen molar-refractivity contribution in [2.24, 2.45) is 17.8 Å². The Kier molecular flexibility index (Phi) is 6.65. The minimum Gasteiger partial charge on any atom is -0.361 e. The standard InChI is InChI=1S/C25H36N4O2/c1-17(2)23(27-24(30)21-5-4-20-6-11-26-22(20)16-21)25(31)29-14-9-19(10-15-29)18-7-12-28(3)13-8-18/h4-6,11,16-19,23,26H,7-10,12-15H2,1-3H3,(H,27,30)/t23-/m1/s1. The first-order valence-corrected chi connectivity index (χ1v) is 11.8. The van der Waals surface area contributed by atoms with Gasteiger partial charge in [0.25, 0.3) is 5.91 Å². The van der Waals surface area contributed by atoms with Crippen LogP contribution >= 0.6 is 0 Å². The van der Waals surface area contributed by atoms with Crippen molar-refractivity contribution in [1.82, 2.24) is 20.1 Å². The molecule has 2 fully saturated rings. The molecule has 2 amide bonds. The summed E-state index contributed by atoms with van der Waals surface area (Å²) in [6.07, 6.45) is 6.60. The Bertz CT molecular complexity index is 905. The van der Waals surface area contributed by atoms with Gasteiger partial charge in [0, 0.05) is 30.4 Å². The molecule has 0 bridgehead atoms. The average Bonchev–Trinajstić information content (AvgIpc) is 3.25. The number of hydrogen-bond acceptors (Lipinski definition) is 3. The number of carbonyl (C=O) groups is 2. The number of amides is 2. The third kappa shape index (κ3) is 4.95. The highest BCUT2D eigenvalue weighted by atomic mass is 16.2. The van der Waals surface area contributed by atoms with E-state index in [1.807, 2.05) is 49.2 Å². The Morgan fingerprint density at radius 2 is 1.65 bits per heavy atom. The first-order chi connectivity index (χ1) is 14.9. The molecule has 2 aliphatic rings. The molecule has 2 N–H and O–H groups in total. The number of fused-ring (bicyclic) bond motifs is 1. The van der Waals surface area contributed by atoms with Gasteiger partial charge in [-0.3, -0.25) is 9.59 Å². The summed E-state index contributed by atoms with van der Waals surface area (Å²) < 4.78 is 0. The van der Waals surface area contributed by atoms with E-state index in [-0.39, 0.29) is 17.7 Å². The molecule has 2 aliphatic heterocycles. The van der Waals surface area contributed by atoms with Gasteiger partial charge in [0.05, 0.1) is 0 Å². The summed E-state index contributed by atoms with van der Waals surface area (Å²) in [5, 5.41) is 4.09. The molecular formula is C25H36N4O2. The largest absolute Gasteiger partial charge is 0.361 e. The molecule has 3 heterocycles. The number of nitrogens with one attached hydrogen (secondary N) is 2. The topological polar surface area (TPSA) is 68.4 Å². The molecule has 2 saturated heterocycles. The smallest absolute Gasteiger partial charge is 0.252 e. The Balaban J connectivity index is 1.35. The van der Waals surface area contributed by atoms with E-state index in [0.29, 0.717) is 5.56 Å². The summed E-state index contributed by atoms with van der Waals surface area (Å²) in [5.41, 5.74) is 1.51. The molecule has 1 aromatic heterocycles. The van der Waals surface area contributed by atoms with E-state index in [1.54, 1.807) is 0 Å². The maximum Gasteiger partial charge on any atom is 0.252 e. The van der Waals surface area contributed by atoms with Crippen molar-refractivity contribution in [1.29, 1.82) is 0 Å². The molecular weight excluding hydrogens is 388 g/mol. The highest BCUT2D eigenvalue weighted by Crippen LogP contribution is 2.32. The number of carbonyl (C=O) groups excluding carboxylic acids is 2. The number of likely N-dealkylation sites (tertiary alicyclic amines) is 2. The van der Waals surface area contributed by atoms with Gasteiger partial charge in [-0.25, -0.2) is 0 Å². The summed E-state index contributed by atoms with van der Waals surface area (Å²) in [5.74, 6) is 1.45. The zero-order chi connectivity index (χ0) is 22.0. The van der Waals surface area contributed by atoms with E-state index in [9.17, 15) is 9.59 Å². The van der Waals surface area contributed by atoms with E-state index >= 15 is 0 Å². The molecule has 4 rings (SSSR count). The van der Waals surface area contributed by atoms with Crippen molar-refractivity contribution >= 4 is 22.7 Å². The van der Waals surface area contributed by atoms with Crippen molar-refractivity contribution in [3.05, 3.63) is 36.0 Å². The van der Waals surface area contributed by atoms with Crippen LogP contribution in [0.25, 0.3) is 10.9 Å². The fourth-order valence-corrected chi connectivity index (χ4v) is 5.22. The van der Waals surface area contributed by atoms with Crippen molar-refractivity contribution in [3.63, 3.8) is 0 Å². The third-order valence-electron chi connectivity index (χ3n) is 7.32. The second-order valence-corrected chi connectivity index (χ2v) is 9.78. The number of H-pyrrole nitrogens is 1. The van der Waals surface area contributed by atoms with Crippen molar-refractivity contribution < 1.29 is 9.59 Å². The summed E-state index contributed by atoms with van der Waals surface area (Å²) in [6.45, 7) is 8.01. The Morgan fingerprint density at radius 3 is 2.29 bits per heavy atom. The first-order valence-electron chi connectivity index (χ1n) is 11.8. The lowest BCUT2D eigenvalue weighted by Crippen LogP contribution is -2.53. The lowest BCUT2D eigenvalue weighted by Gasteiger charge is -2.40. The summed E-state index contributed by atoms with van der Waals surface area (Å²) in [6, 6.07) is 7.08. The molecule has 1 atom stereocenters. The predicted octanol–water partition coefficient (Wildman–Crippen LogP) is 3.50. The normalized spacial score (nSPS) is 20.3. The lowest BCUT2D eigenvalue weighted by atomic mass is 9.78. The van der Waals surface area contributed by atoms with Crippen LogP contribution in [0.2, 0.25) is 0 Å². The number of aromatic nitrogens is 1. The monoisotopic (exact) mass is 424 g/mol. The molecule has 6 heteroatoms. The zero-order valence-electron chi connectivity index (χ0n) is 19.1. The second kappa shape index (κ2) is 9.43. The van der Waals surface area contributed by atoms with Gasteiger partial charge in [0.2, 0.25) is 5.91 Å². The van der Waals surface area contributed by atoms with Crippen LogP contribution in [0.3, 0.4) is 0 Å². The lowest BCUT2D eigenvalue weighted by molar-refractivity contribution is -0.136. The van der Waals surface area contributed by atoms with Crippen molar-refractivity contribution in [2.45, 2.75) is 45.6 Å². The van der Waals surface area contributed by atoms with Crippen molar-refractivity contribution in [3.8, 4) is 0 Å². The number of benzene rings is 1. The molecule has 0 aliphatic carbocycles. The second-order valence-electron chi connectivity index (χ2n) is 9.78. The van der Waals surface area contributed by atoms with Crippen LogP contribution in [-0.2, 0) is 4.79 Å². The van der Waals surface area contributed by atoms with Crippen LogP contribution in [0.4, 0.5) is 0 Å². The fourth-order valence-electron chi connectivity index (χ4n) is 5.22. The van der Waals surface area contributed by atoms with Gasteiger partial charge >= 0.3 is 0 Å². The zero-order valence-corrected chi connectivity index (χ0v) is 19.1. The molecule has 1 aromatic carbocycles. The maximum atomic E-state index is 13.3.